The molecule has 0 aliphatic rings. The van der Waals surface area contributed by atoms with Gasteiger partial charge in [0.25, 0.3) is 0 Å². The molecule has 0 aliphatic heterocycles. The number of hydrogen-bond donors (Lipinski definition) is 0. The first-order valence-corrected chi connectivity index (χ1v) is 6.69. The lowest BCUT2D eigenvalue weighted by Gasteiger charge is -2.13. The zero-order valence-electron chi connectivity index (χ0n) is 10.0. The van der Waals surface area contributed by atoms with Gasteiger partial charge in [0, 0.05) is 4.47 Å². The predicted molar refractivity (Wildman–Crippen MR) is 75.3 cm³/mol. The Balaban J connectivity index is 2.34. The fraction of sp³-hybridized carbons (Fsp3) is 0.231. The molecule has 0 unspecified atom stereocenters. The van der Waals surface area contributed by atoms with Crippen molar-refractivity contribution in [1.82, 2.24) is 9.97 Å². The van der Waals surface area contributed by atoms with Crippen LogP contribution in [-0.4, -0.2) is 9.97 Å². The molecule has 0 amide bonds. The van der Waals surface area contributed by atoms with E-state index in [-0.39, 0.29) is 5.92 Å². The van der Waals surface area contributed by atoms with Crippen molar-refractivity contribution in [3.63, 3.8) is 0 Å². The van der Waals surface area contributed by atoms with Gasteiger partial charge < -0.3 is 4.74 Å². The van der Waals surface area contributed by atoms with Crippen LogP contribution in [0.1, 0.15) is 25.3 Å². The first kappa shape index (κ1) is 13.3. The van der Waals surface area contributed by atoms with E-state index in [1.807, 2.05) is 38.1 Å². The Morgan fingerprint density at radius 1 is 1.17 bits per heavy atom. The van der Waals surface area contributed by atoms with E-state index in [1.54, 1.807) is 0 Å². The van der Waals surface area contributed by atoms with Crippen molar-refractivity contribution < 1.29 is 4.74 Å². The number of ether oxygens (including phenoxy) is 1. The Morgan fingerprint density at radius 2 is 1.83 bits per heavy atom. The molecular formula is C13H12BrClN2O. The molecule has 0 bridgehead atoms. The van der Waals surface area contributed by atoms with Gasteiger partial charge >= 0.3 is 0 Å². The van der Waals surface area contributed by atoms with Gasteiger partial charge in [-0.05, 0) is 30.2 Å². The Kier molecular flexibility index (Phi) is 4.19. The Labute approximate surface area is 119 Å². The van der Waals surface area contributed by atoms with E-state index in [2.05, 4.69) is 25.9 Å². The minimum absolute atomic E-state index is 0.198. The van der Waals surface area contributed by atoms with Gasteiger partial charge in [0.2, 0.25) is 5.88 Å². The van der Waals surface area contributed by atoms with Crippen molar-refractivity contribution in [3.05, 3.63) is 45.8 Å². The van der Waals surface area contributed by atoms with Gasteiger partial charge in [-0.3, -0.25) is 0 Å². The summed E-state index contributed by atoms with van der Waals surface area (Å²) in [5.41, 5.74) is 0.821. The maximum absolute atomic E-state index is 6.08. The van der Waals surface area contributed by atoms with Crippen LogP contribution in [0, 0.1) is 0 Å². The maximum Gasteiger partial charge on any atom is 0.227 e. The summed E-state index contributed by atoms with van der Waals surface area (Å²) in [4.78, 5) is 8.13. The molecule has 5 heteroatoms. The van der Waals surface area contributed by atoms with Crippen molar-refractivity contribution in [2.75, 3.05) is 0 Å². The van der Waals surface area contributed by atoms with Crippen LogP contribution in [0.25, 0.3) is 0 Å². The van der Waals surface area contributed by atoms with Crippen LogP contribution >= 0.6 is 27.5 Å². The number of aromatic nitrogens is 2. The van der Waals surface area contributed by atoms with Crippen LogP contribution in [0.5, 0.6) is 11.6 Å². The maximum atomic E-state index is 6.08. The van der Waals surface area contributed by atoms with Crippen molar-refractivity contribution in [3.8, 4) is 11.6 Å². The quantitative estimate of drug-likeness (QED) is 0.759. The van der Waals surface area contributed by atoms with Gasteiger partial charge in [-0.1, -0.05) is 41.4 Å². The summed E-state index contributed by atoms with van der Waals surface area (Å²) >= 11 is 9.46. The third-order valence-electron chi connectivity index (χ3n) is 2.40. The summed E-state index contributed by atoms with van der Waals surface area (Å²) in [7, 11) is 0. The molecule has 0 atom stereocenters. The lowest BCUT2D eigenvalue weighted by molar-refractivity contribution is 0.451. The van der Waals surface area contributed by atoms with Crippen LogP contribution in [0.15, 0.2) is 35.1 Å². The van der Waals surface area contributed by atoms with Crippen LogP contribution < -0.4 is 4.74 Å². The largest absolute Gasteiger partial charge is 0.439 e. The Bertz CT molecular complexity index is 543. The summed E-state index contributed by atoms with van der Waals surface area (Å²) in [5, 5.41) is 0.437. The highest BCUT2D eigenvalue weighted by Gasteiger charge is 2.15. The minimum Gasteiger partial charge on any atom is -0.439 e. The summed E-state index contributed by atoms with van der Waals surface area (Å²) in [6, 6.07) is 7.55. The van der Waals surface area contributed by atoms with Crippen molar-refractivity contribution in [2.45, 2.75) is 19.8 Å². The molecule has 1 aromatic carbocycles. The molecule has 94 valence electrons. The lowest BCUT2D eigenvalue weighted by atomic mass is 10.1. The molecule has 1 heterocycles. The fourth-order valence-electron chi connectivity index (χ4n) is 1.54. The fourth-order valence-corrected chi connectivity index (χ4v) is 2.15. The molecule has 0 aliphatic carbocycles. The highest BCUT2D eigenvalue weighted by atomic mass is 79.9. The first-order chi connectivity index (χ1) is 8.58. The summed E-state index contributed by atoms with van der Waals surface area (Å²) in [6.45, 7) is 4.05. The van der Waals surface area contributed by atoms with Crippen molar-refractivity contribution in [1.29, 1.82) is 0 Å². The predicted octanol–water partition coefficient (Wildman–Crippen LogP) is 4.81. The van der Waals surface area contributed by atoms with E-state index in [0.717, 1.165) is 15.8 Å². The van der Waals surface area contributed by atoms with E-state index in [9.17, 15) is 0 Å². The number of rotatable bonds is 3. The number of hydrogen-bond acceptors (Lipinski definition) is 3. The molecule has 1 aromatic heterocycles. The normalized spacial score (nSPS) is 10.7. The highest BCUT2D eigenvalue weighted by Crippen LogP contribution is 2.32. The van der Waals surface area contributed by atoms with Crippen molar-refractivity contribution in [2.24, 2.45) is 0 Å². The van der Waals surface area contributed by atoms with Gasteiger partial charge in [-0.15, -0.1) is 0 Å². The third-order valence-corrected chi connectivity index (χ3v) is 3.23. The van der Waals surface area contributed by atoms with E-state index in [4.69, 9.17) is 16.3 Å². The van der Waals surface area contributed by atoms with Crippen LogP contribution in [-0.2, 0) is 0 Å². The topological polar surface area (TPSA) is 35.0 Å². The van der Waals surface area contributed by atoms with Crippen molar-refractivity contribution >= 4 is 27.5 Å². The number of nitrogens with zero attached hydrogens (tertiary/aromatic N) is 2. The van der Waals surface area contributed by atoms with Crippen LogP contribution in [0.2, 0.25) is 5.15 Å². The summed E-state index contributed by atoms with van der Waals surface area (Å²) in [6.07, 6.45) is 1.41. The van der Waals surface area contributed by atoms with Gasteiger partial charge in [-0.25, -0.2) is 9.97 Å². The summed E-state index contributed by atoms with van der Waals surface area (Å²) in [5.74, 6) is 1.42. The second kappa shape index (κ2) is 5.67. The van der Waals surface area contributed by atoms with E-state index >= 15 is 0 Å². The summed E-state index contributed by atoms with van der Waals surface area (Å²) < 4.78 is 6.75. The molecule has 0 spiro atoms. The average molecular weight is 328 g/mol. The van der Waals surface area contributed by atoms with Crippen LogP contribution in [0.4, 0.5) is 0 Å². The average Bonchev–Trinajstić information content (AvgIpc) is 2.32. The first-order valence-electron chi connectivity index (χ1n) is 5.51. The second-order valence-corrected chi connectivity index (χ2v) is 5.37. The molecule has 0 fully saturated rings. The number of halogens is 2. The molecule has 0 saturated heterocycles. The lowest BCUT2D eigenvalue weighted by Crippen LogP contribution is -1.99. The second-order valence-electron chi connectivity index (χ2n) is 4.09. The molecule has 0 N–H and O–H groups in total. The molecule has 18 heavy (non-hydrogen) atoms. The van der Waals surface area contributed by atoms with Gasteiger partial charge in [0.1, 0.15) is 17.2 Å². The van der Waals surface area contributed by atoms with Gasteiger partial charge in [0.15, 0.2) is 0 Å². The molecule has 2 aromatic rings. The van der Waals surface area contributed by atoms with E-state index < -0.39 is 0 Å². The monoisotopic (exact) mass is 326 g/mol. The zero-order chi connectivity index (χ0) is 13.1. The molecule has 3 nitrogen and oxygen atoms in total. The molecular weight excluding hydrogens is 316 g/mol. The zero-order valence-corrected chi connectivity index (χ0v) is 12.4. The Hall–Kier alpha value is -1.13. The third kappa shape index (κ3) is 3.00. The smallest absolute Gasteiger partial charge is 0.227 e. The molecule has 0 saturated carbocycles. The molecule has 0 radical (unpaired) electrons. The van der Waals surface area contributed by atoms with E-state index in [0.29, 0.717) is 11.0 Å². The molecule has 2 rings (SSSR count). The highest BCUT2D eigenvalue weighted by molar-refractivity contribution is 9.10. The van der Waals surface area contributed by atoms with Gasteiger partial charge in [0.05, 0.1) is 5.56 Å². The Morgan fingerprint density at radius 3 is 2.44 bits per heavy atom. The minimum atomic E-state index is 0.198. The van der Waals surface area contributed by atoms with E-state index in [1.165, 1.54) is 6.33 Å². The van der Waals surface area contributed by atoms with Gasteiger partial charge in [-0.2, -0.15) is 0 Å². The SMILES string of the molecule is CC(C)c1c(Cl)ncnc1Oc1ccc(Br)cc1. The standard InChI is InChI=1S/C13H12BrClN2O/c1-8(2)11-12(15)16-7-17-13(11)18-10-5-3-9(14)4-6-10/h3-8H,1-2H3. The number of benzene rings is 1. The van der Waals surface area contributed by atoms with Crippen LogP contribution in [0.3, 0.4) is 0 Å².